The molecule has 7 nitrogen and oxygen atoms in total. The van der Waals surface area contributed by atoms with Crippen molar-refractivity contribution in [2.45, 2.75) is 6.42 Å². The molecule has 0 aromatic carbocycles. The highest BCUT2D eigenvalue weighted by Crippen LogP contribution is 2.23. The van der Waals surface area contributed by atoms with Crippen LogP contribution in [-0.2, 0) is 13.5 Å². The van der Waals surface area contributed by atoms with Gasteiger partial charge in [0.1, 0.15) is 5.15 Å². The summed E-state index contributed by atoms with van der Waals surface area (Å²) >= 11 is 5.73. The minimum atomic E-state index is -0.494. The topological polar surface area (TPSA) is 85.9 Å². The molecule has 2 aromatic heterocycles. The van der Waals surface area contributed by atoms with Crippen LogP contribution in [0.1, 0.15) is 5.69 Å². The molecular weight excluding hydrogens is 270 g/mol. The quantitative estimate of drug-likeness (QED) is 0.515. The Bertz CT molecular complexity index is 599. The van der Waals surface area contributed by atoms with Gasteiger partial charge in [-0.3, -0.25) is 14.8 Å². The fraction of sp³-hybridized carbons (Fsp3) is 0.273. The van der Waals surface area contributed by atoms with Crippen molar-refractivity contribution in [3.8, 4) is 0 Å². The monoisotopic (exact) mass is 281 g/mol. The van der Waals surface area contributed by atoms with Gasteiger partial charge in [-0.15, -0.1) is 0 Å². The van der Waals surface area contributed by atoms with E-state index in [-0.39, 0.29) is 16.7 Å². The number of nitrogens with zero attached hydrogens (tertiary/aromatic N) is 4. The highest BCUT2D eigenvalue weighted by Gasteiger charge is 2.15. The first-order valence-corrected chi connectivity index (χ1v) is 5.97. The highest BCUT2D eigenvalue weighted by molar-refractivity contribution is 6.29. The van der Waals surface area contributed by atoms with Crippen LogP contribution in [0.3, 0.4) is 0 Å². The predicted molar refractivity (Wildman–Crippen MR) is 71.3 cm³/mol. The van der Waals surface area contributed by atoms with Crippen LogP contribution in [0.5, 0.6) is 0 Å². The van der Waals surface area contributed by atoms with E-state index in [1.165, 1.54) is 12.1 Å². The number of nitrogens with one attached hydrogen (secondary N) is 1. The molecule has 0 aliphatic heterocycles. The van der Waals surface area contributed by atoms with Crippen molar-refractivity contribution in [3.63, 3.8) is 0 Å². The summed E-state index contributed by atoms with van der Waals surface area (Å²) in [5.74, 6) is 0.174. The largest absolute Gasteiger partial charge is 0.364 e. The van der Waals surface area contributed by atoms with Gasteiger partial charge in [-0.05, 0) is 12.1 Å². The fourth-order valence-electron chi connectivity index (χ4n) is 1.61. The van der Waals surface area contributed by atoms with Gasteiger partial charge in [0.25, 0.3) is 0 Å². The Hall–Kier alpha value is -2.15. The molecule has 2 rings (SSSR count). The molecule has 2 heterocycles. The van der Waals surface area contributed by atoms with Gasteiger partial charge in [0.2, 0.25) is 5.82 Å². The Balaban J connectivity index is 2.02. The van der Waals surface area contributed by atoms with Crippen LogP contribution in [0.25, 0.3) is 0 Å². The third-order valence-corrected chi connectivity index (χ3v) is 2.69. The van der Waals surface area contributed by atoms with Crippen LogP contribution >= 0.6 is 11.6 Å². The molecule has 0 atom stereocenters. The number of hydrogen-bond donors (Lipinski definition) is 1. The summed E-state index contributed by atoms with van der Waals surface area (Å²) in [4.78, 5) is 14.3. The minimum absolute atomic E-state index is 0.0922. The van der Waals surface area contributed by atoms with E-state index in [9.17, 15) is 10.1 Å². The summed E-state index contributed by atoms with van der Waals surface area (Å²) in [5, 5.41) is 18.2. The maximum Gasteiger partial charge on any atom is 0.311 e. The first kappa shape index (κ1) is 13.3. The number of aryl methyl sites for hydroxylation is 1. The summed E-state index contributed by atoms with van der Waals surface area (Å²) in [6, 6.07) is 4.61. The van der Waals surface area contributed by atoms with Crippen molar-refractivity contribution in [1.82, 2.24) is 14.8 Å². The first-order valence-electron chi connectivity index (χ1n) is 5.59. The second-order valence-corrected chi connectivity index (χ2v) is 4.30. The second kappa shape index (κ2) is 5.66. The van der Waals surface area contributed by atoms with Crippen molar-refractivity contribution in [3.05, 3.63) is 45.4 Å². The van der Waals surface area contributed by atoms with Crippen LogP contribution in [0.4, 0.5) is 11.5 Å². The highest BCUT2D eigenvalue weighted by atomic mass is 35.5. The number of halogens is 1. The normalized spacial score (nSPS) is 10.4. The predicted octanol–water partition coefficient (Wildman–Crippen LogP) is 2.03. The molecule has 0 amide bonds. The summed E-state index contributed by atoms with van der Waals surface area (Å²) < 4.78 is 1.70. The van der Waals surface area contributed by atoms with Gasteiger partial charge in [-0.25, -0.2) is 4.98 Å². The zero-order valence-corrected chi connectivity index (χ0v) is 11.0. The Morgan fingerprint density at radius 2 is 2.26 bits per heavy atom. The smallest absolute Gasteiger partial charge is 0.311 e. The molecule has 0 aliphatic carbocycles. The van der Waals surface area contributed by atoms with Crippen LogP contribution in [0.15, 0.2) is 24.4 Å². The first-order chi connectivity index (χ1) is 9.06. The van der Waals surface area contributed by atoms with Crippen LogP contribution in [0.2, 0.25) is 5.15 Å². The van der Waals surface area contributed by atoms with Crippen molar-refractivity contribution in [1.29, 1.82) is 0 Å². The van der Waals surface area contributed by atoms with Gasteiger partial charge in [-0.2, -0.15) is 5.10 Å². The van der Waals surface area contributed by atoms with Gasteiger partial charge in [0, 0.05) is 32.3 Å². The van der Waals surface area contributed by atoms with E-state index in [0.29, 0.717) is 13.0 Å². The van der Waals surface area contributed by atoms with Crippen molar-refractivity contribution >= 4 is 23.1 Å². The number of pyridine rings is 1. The zero-order chi connectivity index (χ0) is 13.8. The number of anilines is 1. The van der Waals surface area contributed by atoms with E-state index >= 15 is 0 Å². The lowest BCUT2D eigenvalue weighted by molar-refractivity contribution is -0.384. The number of rotatable bonds is 5. The molecule has 8 heteroatoms. The number of aromatic nitrogens is 3. The Morgan fingerprint density at radius 1 is 1.47 bits per heavy atom. The molecule has 0 saturated carbocycles. The molecule has 0 bridgehead atoms. The summed E-state index contributed by atoms with van der Waals surface area (Å²) in [5.41, 5.74) is 0.810. The standard InChI is InChI=1S/C11H12ClN5O2/c1-16-7-5-8(15-16)4-6-13-11-9(17(18)19)2-3-10(12)14-11/h2-3,5,7H,4,6H2,1H3,(H,13,14). The summed E-state index contributed by atoms with van der Waals surface area (Å²) in [7, 11) is 1.83. The summed E-state index contributed by atoms with van der Waals surface area (Å²) in [6.07, 6.45) is 2.49. The van der Waals surface area contributed by atoms with Crippen molar-refractivity contribution in [2.75, 3.05) is 11.9 Å². The molecular formula is C11H12ClN5O2. The maximum absolute atomic E-state index is 10.8. The Labute approximate surface area is 114 Å². The molecule has 0 saturated heterocycles. The van der Waals surface area contributed by atoms with Gasteiger partial charge in [0.05, 0.1) is 10.6 Å². The van der Waals surface area contributed by atoms with E-state index in [4.69, 9.17) is 11.6 Å². The van der Waals surface area contributed by atoms with E-state index in [2.05, 4.69) is 15.4 Å². The lowest BCUT2D eigenvalue weighted by atomic mass is 10.3. The zero-order valence-electron chi connectivity index (χ0n) is 10.2. The fourth-order valence-corrected chi connectivity index (χ4v) is 1.76. The molecule has 0 fully saturated rings. The summed E-state index contributed by atoms with van der Waals surface area (Å²) in [6.45, 7) is 0.491. The van der Waals surface area contributed by atoms with Crippen LogP contribution in [-0.4, -0.2) is 26.2 Å². The van der Waals surface area contributed by atoms with Crippen molar-refractivity contribution in [2.24, 2.45) is 7.05 Å². The van der Waals surface area contributed by atoms with Gasteiger partial charge < -0.3 is 5.32 Å². The SMILES string of the molecule is Cn1ccc(CCNc2nc(Cl)ccc2[N+](=O)[O-])n1. The third-order valence-electron chi connectivity index (χ3n) is 2.48. The maximum atomic E-state index is 10.8. The van der Waals surface area contributed by atoms with E-state index in [0.717, 1.165) is 5.69 Å². The minimum Gasteiger partial charge on any atom is -0.364 e. The van der Waals surface area contributed by atoms with Crippen molar-refractivity contribution < 1.29 is 4.92 Å². The number of nitro groups is 1. The van der Waals surface area contributed by atoms with Gasteiger partial charge in [-0.1, -0.05) is 11.6 Å². The van der Waals surface area contributed by atoms with E-state index in [1.807, 2.05) is 19.3 Å². The van der Waals surface area contributed by atoms with E-state index in [1.54, 1.807) is 4.68 Å². The number of hydrogen-bond acceptors (Lipinski definition) is 5. The average Bonchev–Trinajstić information content (AvgIpc) is 2.75. The van der Waals surface area contributed by atoms with Crippen LogP contribution in [0, 0.1) is 10.1 Å². The molecule has 0 unspecified atom stereocenters. The van der Waals surface area contributed by atoms with Gasteiger partial charge >= 0.3 is 5.69 Å². The molecule has 2 aromatic rings. The molecule has 0 radical (unpaired) electrons. The Kier molecular flexibility index (Phi) is 3.96. The third kappa shape index (κ3) is 3.41. The van der Waals surface area contributed by atoms with E-state index < -0.39 is 4.92 Å². The molecule has 0 aliphatic rings. The lowest BCUT2D eigenvalue weighted by Gasteiger charge is -2.05. The lowest BCUT2D eigenvalue weighted by Crippen LogP contribution is -2.09. The van der Waals surface area contributed by atoms with Gasteiger partial charge in [0.15, 0.2) is 0 Å². The molecule has 100 valence electrons. The Morgan fingerprint density at radius 3 is 2.89 bits per heavy atom. The second-order valence-electron chi connectivity index (χ2n) is 3.92. The molecule has 19 heavy (non-hydrogen) atoms. The molecule has 0 spiro atoms. The van der Waals surface area contributed by atoms with Crippen LogP contribution < -0.4 is 5.32 Å². The molecule has 1 N–H and O–H groups in total. The average molecular weight is 282 g/mol.